The van der Waals surface area contributed by atoms with E-state index in [-0.39, 0.29) is 6.54 Å². The van der Waals surface area contributed by atoms with Gasteiger partial charge in [0.25, 0.3) is 0 Å². The van der Waals surface area contributed by atoms with Crippen molar-refractivity contribution in [3.05, 3.63) is 23.2 Å². The summed E-state index contributed by atoms with van der Waals surface area (Å²) in [5.74, 6) is -1.07. The molecule has 3 N–H and O–H groups in total. The molecule has 0 heterocycles. The fourth-order valence-corrected chi connectivity index (χ4v) is 1.72. The Bertz CT molecular complexity index is 522. The highest BCUT2D eigenvalue weighted by atomic mass is 35.5. The second-order valence-corrected chi connectivity index (χ2v) is 4.39. The summed E-state index contributed by atoms with van der Waals surface area (Å²) in [6.07, 6.45) is 1.11. The first-order valence-corrected chi connectivity index (χ1v) is 6.56. The van der Waals surface area contributed by atoms with Gasteiger partial charge in [-0.15, -0.1) is 0 Å². The van der Waals surface area contributed by atoms with Gasteiger partial charge in [-0.1, -0.05) is 11.6 Å². The van der Waals surface area contributed by atoms with Crippen LogP contribution in [0, 0.1) is 0 Å². The zero-order valence-electron chi connectivity index (χ0n) is 11.4. The van der Waals surface area contributed by atoms with Crippen LogP contribution < -0.4 is 20.7 Å². The quantitative estimate of drug-likeness (QED) is 0.389. The van der Waals surface area contributed by atoms with Crippen LogP contribution in [0.3, 0.4) is 0 Å². The van der Waals surface area contributed by atoms with Crippen molar-refractivity contribution in [1.82, 2.24) is 10.6 Å². The zero-order chi connectivity index (χ0) is 15.7. The van der Waals surface area contributed by atoms with Gasteiger partial charge < -0.3 is 20.7 Å². The van der Waals surface area contributed by atoms with Gasteiger partial charge in [0.1, 0.15) is 5.75 Å². The van der Waals surface area contributed by atoms with E-state index in [9.17, 15) is 14.4 Å². The largest absolute Gasteiger partial charge is 0.495 e. The van der Waals surface area contributed by atoms with Gasteiger partial charge in [0.15, 0.2) is 0 Å². The SMILES string of the molecule is COc1ccc(NC(=O)C(=O)NCCCNC=O)cc1Cl. The Kier molecular flexibility index (Phi) is 7.03. The molecule has 0 aliphatic rings. The Labute approximate surface area is 127 Å². The average Bonchev–Trinajstić information content (AvgIpc) is 2.47. The Morgan fingerprint density at radius 3 is 2.67 bits per heavy atom. The number of carbonyl (C=O) groups is 3. The van der Waals surface area contributed by atoms with Crippen molar-refractivity contribution in [1.29, 1.82) is 0 Å². The molecule has 21 heavy (non-hydrogen) atoms. The molecule has 0 saturated carbocycles. The minimum Gasteiger partial charge on any atom is -0.495 e. The highest BCUT2D eigenvalue weighted by molar-refractivity contribution is 6.40. The number of halogens is 1. The van der Waals surface area contributed by atoms with Crippen LogP contribution >= 0.6 is 11.6 Å². The van der Waals surface area contributed by atoms with E-state index in [4.69, 9.17) is 16.3 Å². The van der Waals surface area contributed by atoms with E-state index < -0.39 is 11.8 Å². The lowest BCUT2D eigenvalue weighted by molar-refractivity contribution is -0.136. The molecule has 1 aromatic rings. The van der Waals surface area contributed by atoms with E-state index in [1.807, 2.05) is 0 Å². The molecule has 1 aromatic carbocycles. The summed E-state index contributed by atoms with van der Waals surface area (Å²) in [6, 6.07) is 4.64. The molecular weight excluding hydrogens is 298 g/mol. The topological polar surface area (TPSA) is 96.5 Å². The number of hydrogen-bond acceptors (Lipinski definition) is 4. The average molecular weight is 314 g/mol. The van der Waals surface area contributed by atoms with Gasteiger partial charge in [-0.25, -0.2) is 0 Å². The van der Waals surface area contributed by atoms with E-state index in [0.29, 0.717) is 35.8 Å². The summed E-state index contributed by atoms with van der Waals surface area (Å²) in [5.41, 5.74) is 0.392. The number of ether oxygens (including phenoxy) is 1. The predicted octanol–water partition coefficient (Wildman–Crippen LogP) is 0.539. The number of amides is 3. The molecular formula is C13H16ClN3O4. The Morgan fingerprint density at radius 2 is 2.05 bits per heavy atom. The first-order chi connectivity index (χ1) is 10.1. The lowest BCUT2D eigenvalue weighted by Crippen LogP contribution is -2.36. The molecule has 0 unspecified atom stereocenters. The lowest BCUT2D eigenvalue weighted by atomic mass is 10.3. The third-order valence-corrected chi connectivity index (χ3v) is 2.78. The normalized spacial score (nSPS) is 9.62. The maximum atomic E-state index is 11.6. The van der Waals surface area contributed by atoms with Crippen molar-refractivity contribution in [2.45, 2.75) is 6.42 Å². The monoisotopic (exact) mass is 313 g/mol. The maximum Gasteiger partial charge on any atom is 0.313 e. The molecule has 0 fully saturated rings. The number of rotatable bonds is 7. The summed E-state index contributed by atoms with van der Waals surface area (Å²) >= 11 is 5.91. The first-order valence-electron chi connectivity index (χ1n) is 6.18. The summed E-state index contributed by atoms with van der Waals surface area (Å²) in [6.45, 7) is 0.718. The van der Waals surface area contributed by atoms with Gasteiger partial charge >= 0.3 is 11.8 Å². The second-order valence-electron chi connectivity index (χ2n) is 3.98. The van der Waals surface area contributed by atoms with Crippen molar-refractivity contribution in [2.75, 3.05) is 25.5 Å². The smallest absolute Gasteiger partial charge is 0.313 e. The fraction of sp³-hybridized carbons (Fsp3) is 0.308. The first kappa shape index (κ1) is 16.8. The highest BCUT2D eigenvalue weighted by Gasteiger charge is 2.13. The van der Waals surface area contributed by atoms with Crippen LogP contribution in [0.2, 0.25) is 5.02 Å². The van der Waals surface area contributed by atoms with Crippen LogP contribution in [-0.4, -0.2) is 38.4 Å². The van der Waals surface area contributed by atoms with Gasteiger partial charge in [0, 0.05) is 18.8 Å². The van der Waals surface area contributed by atoms with Gasteiger partial charge in [0.2, 0.25) is 6.41 Å². The summed E-state index contributed by atoms with van der Waals surface area (Å²) in [5, 5.41) is 7.64. The minimum absolute atomic E-state index is 0.288. The predicted molar refractivity (Wildman–Crippen MR) is 78.3 cm³/mol. The molecule has 7 nitrogen and oxygen atoms in total. The molecule has 0 aliphatic carbocycles. The molecule has 0 atom stereocenters. The van der Waals surface area contributed by atoms with Crippen molar-refractivity contribution in [3.8, 4) is 5.75 Å². The molecule has 0 aliphatic heterocycles. The zero-order valence-corrected chi connectivity index (χ0v) is 12.2. The van der Waals surface area contributed by atoms with Crippen LogP contribution in [0.25, 0.3) is 0 Å². The second kappa shape index (κ2) is 8.80. The Hall–Kier alpha value is -2.28. The number of anilines is 1. The molecule has 0 bridgehead atoms. The van der Waals surface area contributed by atoms with Crippen LogP contribution in [0.4, 0.5) is 5.69 Å². The molecule has 8 heteroatoms. The molecule has 0 spiro atoms. The van der Waals surface area contributed by atoms with E-state index >= 15 is 0 Å². The number of benzene rings is 1. The van der Waals surface area contributed by atoms with Crippen LogP contribution in [-0.2, 0) is 14.4 Å². The van der Waals surface area contributed by atoms with Gasteiger partial charge in [-0.05, 0) is 24.6 Å². The van der Waals surface area contributed by atoms with Crippen LogP contribution in [0.15, 0.2) is 18.2 Å². The summed E-state index contributed by atoms with van der Waals surface area (Å²) in [4.78, 5) is 33.2. The van der Waals surface area contributed by atoms with Gasteiger partial charge in [-0.3, -0.25) is 14.4 Å². The summed E-state index contributed by atoms with van der Waals surface area (Å²) < 4.78 is 4.98. The van der Waals surface area contributed by atoms with Gasteiger partial charge in [0.05, 0.1) is 12.1 Å². The third-order valence-electron chi connectivity index (χ3n) is 2.48. The lowest BCUT2D eigenvalue weighted by Gasteiger charge is -2.08. The molecule has 0 saturated heterocycles. The molecule has 0 aromatic heterocycles. The van der Waals surface area contributed by atoms with Crippen LogP contribution in [0.1, 0.15) is 6.42 Å². The van der Waals surface area contributed by atoms with Crippen molar-refractivity contribution < 1.29 is 19.1 Å². The minimum atomic E-state index is -0.792. The Morgan fingerprint density at radius 1 is 1.29 bits per heavy atom. The van der Waals surface area contributed by atoms with Crippen LogP contribution in [0.5, 0.6) is 5.75 Å². The number of nitrogens with one attached hydrogen (secondary N) is 3. The van der Waals surface area contributed by atoms with E-state index in [1.165, 1.54) is 13.2 Å². The molecule has 3 amide bonds. The van der Waals surface area contributed by atoms with Crippen molar-refractivity contribution in [2.24, 2.45) is 0 Å². The highest BCUT2D eigenvalue weighted by Crippen LogP contribution is 2.27. The fourth-order valence-electron chi connectivity index (χ4n) is 1.46. The van der Waals surface area contributed by atoms with E-state index in [0.717, 1.165) is 0 Å². The van der Waals surface area contributed by atoms with Crippen molar-refractivity contribution in [3.63, 3.8) is 0 Å². The molecule has 0 radical (unpaired) electrons. The van der Waals surface area contributed by atoms with E-state index in [2.05, 4.69) is 16.0 Å². The van der Waals surface area contributed by atoms with Gasteiger partial charge in [-0.2, -0.15) is 0 Å². The maximum absolute atomic E-state index is 11.6. The number of carbonyl (C=O) groups excluding carboxylic acids is 3. The Balaban J connectivity index is 2.43. The molecule has 1 rings (SSSR count). The standard InChI is InChI=1S/C13H16ClN3O4/c1-21-11-4-3-9(7-10(11)14)17-13(20)12(19)16-6-2-5-15-8-18/h3-4,7-8H,2,5-6H2,1H3,(H,15,18)(H,16,19)(H,17,20). The number of methoxy groups -OCH3 is 1. The number of hydrogen-bond donors (Lipinski definition) is 3. The third kappa shape index (κ3) is 5.70. The van der Waals surface area contributed by atoms with E-state index in [1.54, 1.807) is 12.1 Å². The van der Waals surface area contributed by atoms with Crippen molar-refractivity contribution >= 4 is 35.5 Å². The molecule has 114 valence electrons. The summed E-state index contributed by atoms with van der Waals surface area (Å²) in [7, 11) is 1.48.